The van der Waals surface area contributed by atoms with Gasteiger partial charge < -0.3 is 4.57 Å². The Morgan fingerprint density at radius 3 is 2.76 bits per heavy atom. The number of hydrazone groups is 1. The lowest BCUT2D eigenvalue weighted by molar-refractivity contribution is 0.321. The van der Waals surface area contributed by atoms with Crippen LogP contribution >= 0.6 is 23.2 Å². The molecule has 1 heterocycles. The lowest BCUT2D eigenvalue weighted by Crippen LogP contribution is -2.21. The van der Waals surface area contributed by atoms with Gasteiger partial charge in [-0.05, 0) is 55.4 Å². The predicted molar refractivity (Wildman–Crippen MR) is 121 cm³/mol. The van der Waals surface area contributed by atoms with Crippen molar-refractivity contribution < 1.29 is 0 Å². The van der Waals surface area contributed by atoms with Crippen LogP contribution in [0.2, 0.25) is 10.0 Å². The molecule has 1 N–H and O–H groups in total. The van der Waals surface area contributed by atoms with E-state index in [2.05, 4.69) is 51.5 Å². The second-order valence-corrected chi connectivity index (χ2v) is 8.38. The van der Waals surface area contributed by atoms with E-state index in [1.54, 1.807) is 6.07 Å². The van der Waals surface area contributed by atoms with Crippen molar-refractivity contribution in [2.24, 2.45) is 11.0 Å². The fraction of sp³-hybridized carbons (Fsp3) is 0.304. The van der Waals surface area contributed by atoms with Crippen LogP contribution in [0, 0.1) is 5.92 Å². The maximum absolute atomic E-state index is 6.27. The molecule has 1 aliphatic rings. The van der Waals surface area contributed by atoms with Crippen LogP contribution < -0.4 is 5.43 Å². The fourth-order valence-electron chi connectivity index (χ4n) is 4.06. The van der Waals surface area contributed by atoms with Crippen molar-refractivity contribution in [1.82, 2.24) is 9.55 Å². The van der Waals surface area contributed by atoms with Gasteiger partial charge in [-0.3, -0.25) is 5.43 Å². The van der Waals surface area contributed by atoms with Gasteiger partial charge in [0.05, 0.1) is 17.0 Å². The van der Waals surface area contributed by atoms with Crippen molar-refractivity contribution in [3.63, 3.8) is 0 Å². The molecule has 0 saturated heterocycles. The van der Waals surface area contributed by atoms with Gasteiger partial charge in [0.2, 0.25) is 0 Å². The van der Waals surface area contributed by atoms with Gasteiger partial charge >= 0.3 is 0 Å². The Morgan fingerprint density at radius 2 is 2.00 bits per heavy atom. The highest BCUT2D eigenvalue weighted by Crippen LogP contribution is 2.34. The van der Waals surface area contributed by atoms with Gasteiger partial charge in [0.15, 0.2) is 0 Å². The third-order valence-electron chi connectivity index (χ3n) is 5.54. The highest BCUT2D eigenvalue weighted by Gasteiger charge is 2.28. The van der Waals surface area contributed by atoms with Crippen molar-refractivity contribution in [2.45, 2.75) is 38.1 Å². The minimum absolute atomic E-state index is 0.335. The van der Waals surface area contributed by atoms with Gasteiger partial charge in [-0.15, -0.1) is 0 Å². The SMILES string of the molecule is Clc1ccc(NN=C2CCCC(Cc3ccccc3)C(n3ccnc3)C2)c(Cl)c1. The molecule has 1 aliphatic carbocycles. The van der Waals surface area contributed by atoms with Crippen molar-refractivity contribution in [1.29, 1.82) is 0 Å². The van der Waals surface area contributed by atoms with Gasteiger partial charge in [0.1, 0.15) is 0 Å². The minimum atomic E-state index is 0.335. The van der Waals surface area contributed by atoms with Gasteiger partial charge in [0.25, 0.3) is 0 Å². The molecule has 0 bridgehead atoms. The molecule has 6 heteroatoms. The summed E-state index contributed by atoms with van der Waals surface area (Å²) in [5.74, 6) is 0.540. The first-order valence-electron chi connectivity index (χ1n) is 9.97. The Hall–Kier alpha value is -2.30. The average Bonchev–Trinajstić information content (AvgIpc) is 3.18. The molecular weight excluding hydrogens is 403 g/mol. The summed E-state index contributed by atoms with van der Waals surface area (Å²) in [5, 5.41) is 5.90. The molecule has 4 rings (SSSR count). The van der Waals surface area contributed by atoms with E-state index >= 15 is 0 Å². The number of halogens is 2. The molecule has 0 amide bonds. The molecule has 1 saturated carbocycles. The normalized spacial score (nSPS) is 21.1. The lowest BCUT2D eigenvalue weighted by Gasteiger charge is -2.26. The monoisotopic (exact) mass is 426 g/mol. The fourth-order valence-corrected chi connectivity index (χ4v) is 4.51. The molecule has 2 aromatic carbocycles. The van der Waals surface area contributed by atoms with Crippen molar-refractivity contribution in [2.75, 3.05) is 5.43 Å². The van der Waals surface area contributed by atoms with Gasteiger partial charge in [-0.1, -0.05) is 53.5 Å². The first-order valence-corrected chi connectivity index (χ1v) is 10.7. The number of benzene rings is 2. The maximum Gasteiger partial charge on any atom is 0.0948 e. The van der Waals surface area contributed by atoms with Crippen LogP contribution in [0.4, 0.5) is 5.69 Å². The van der Waals surface area contributed by atoms with E-state index in [1.165, 1.54) is 12.0 Å². The van der Waals surface area contributed by atoms with Crippen LogP contribution in [0.25, 0.3) is 0 Å². The van der Waals surface area contributed by atoms with Crippen LogP contribution in [0.5, 0.6) is 0 Å². The molecule has 4 nitrogen and oxygen atoms in total. The van der Waals surface area contributed by atoms with E-state index in [9.17, 15) is 0 Å². The predicted octanol–water partition coefficient (Wildman–Crippen LogP) is 6.63. The van der Waals surface area contributed by atoms with Crippen LogP contribution in [0.3, 0.4) is 0 Å². The first-order chi connectivity index (χ1) is 14.2. The molecule has 1 aromatic heterocycles. The standard InChI is InChI=1S/C23H24Cl2N4/c24-19-9-10-22(21(25)14-19)28-27-20-8-4-7-18(13-17-5-2-1-3-6-17)23(15-20)29-12-11-26-16-29/h1-3,5-6,9-12,14,16,18,23,28H,4,7-8,13,15H2. The van der Waals surface area contributed by atoms with E-state index in [4.69, 9.17) is 28.3 Å². The summed E-state index contributed by atoms with van der Waals surface area (Å²) < 4.78 is 2.24. The van der Waals surface area contributed by atoms with Crippen molar-refractivity contribution in [3.8, 4) is 0 Å². The lowest BCUT2D eigenvalue weighted by atomic mass is 9.88. The quantitative estimate of drug-likeness (QED) is 0.367. The molecule has 3 aromatic rings. The molecule has 2 unspecified atom stereocenters. The molecule has 1 fully saturated rings. The van der Waals surface area contributed by atoms with E-state index < -0.39 is 0 Å². The molecule has 0 radical (unpaired) electrons. The number of aromatic nitrogens is 2. The summed E-state index contributed by atoms with van der Waals surface area (Å²) in [6.45, 7) is 0. The van der Waals surface area contributed by atoms with Crippen LogP contribution in [-0.2, 0) is 6.42 Å². The summed E-state index contributed by atoms with van der Waals surface area (Å²) in [4.78, 5) is 4.29. The van der Waals surface area contributed by atoms with Gasteiger partial charge in [-0.2, -0.15) is 5.10 Å². The number of hydrogen-bond donors (Lipinski definition) is 1. The summed E-state index contributed by atoms with van der Waals surface area (Å²) in [6.07, 6.45) is 11.1. The second-order valence-electron chi connectivity index (χ2n) is 7.54. The zero-order chi connectivity index (χ0) is 20.1. The summed E-state index contributed by atoms with van der Waals surface area (Å²) in [7, 11) is 0. The molecule has 2 atom stereocenters. The largest absolute Gasteiger partial charge is 0.334 e. The topological polar surface area (TPSA) is 42.2 Å². The Balaban J connectivity index is 1.54. The summed E-state index contributed by atoms with van der Waals surface area (Å²) >= 11 is 12.3. The van der Waals surface area contributed by atoms with Crippen LogP contribution in [0.15, 0.2) is 72.4 Å². The van der Waals surface area contributed by atoms with Gasteiger partial charge in [-0.25, -0.2) is 4.98 Å². The van der Waals surface area contributed by atoms with E-state index in [0.29, 0.717) is 22.0 Å². The van der Waals surface area contributed by atoms with Gasteiger partial charge in [0, 0.05) is 35.6 Å². The Bertz CT molecular complexity index is 954. The smallest absolute Gasteiger partial charge is 0.0948 e. The number of rotatable bonds is 5. The number of hydrogen-bond acceptors (Lipinski definition) is 3. The number of anilines is 1. The summed E-state index contributed by atoms with van der Waals surface area (Å²) in [6, 6.07) is 16.5. The number of nitrogens with zero attached hydrogens (tertiary/aromatic N) is 3. The zero-order valence-electron chi connectivity index (χ0n) is 16.1. The van der Waals surface area contributed by atoms with E-state index in [0.717, 1.165) is 37.1 Å². The van der Waals surface area contributed by atoms with Crippen molar-refractivity contribution >= 4 is 34.6 Å². The van der Waals surface area contributed by atoms with E-state index in [1.807, 2.05) is 24.7 Å². The first kappa shape index (κ1) is 20.0. The Labute approximate surface area is 181 Å². The Kier molecular flexibility index (Phi) is 6.53. The maximum atomic E-state index is 6.27. The summed E-state index contributed by atoms with van der Waals surface area (Å²) in [5.41, 5.74) is 6.45. The second kappa shape index (κ2) is 9.47. The average molecular weight is 427 g/mol. The van der Waals surface area contributed by atoms with Crippen molar-refractivity contribution in [3.05, 3.63) is 82.9 Å². The van der Waals surface area contributed by atoms with Crippen LogP contribution in [0.1, 0.15) is 37.3 Å². The molecule has 0 aliphatic heterocycles. The Morgan fingerprint density at radius 1 is 1.14 bits per heavy atom. The third kappa shape index (κ3) is 5.20. The van der Waals surface area contributed by atoms with E-state index in [-0.39, 0.29) is 0 Å². The number of imidazole rings is 1. The molecule has 0 spiro atoms. The molecule has 150 valence electrons. The third-order valence-corrected chi connectivity index (χ3v) is 6.09. The minimum Gasteiger partial charge on any atom is -0.334 e. The highest BCUT2D eigenvalue weighted by atomic mass is 35.5. The highest BCUT2D eigenvalue weighted by molar-refractivity contribution is 6.36. The van der Waals surface area contributed by atoms with Crippen LogP contribution in [-0.4, -0.2) is 15.3 Å². The zero-order valence-corrected chi connectivity index (χ0v) is 17.7. The number of nitrogens with one attached hydrogen (secondary N) is 1. The molecular formula is C23H24Cl2N4. The molecule has 29 heavy (non-hydrogen) atoms.